The van der Waals surface area contributed by atoms with Crippen LogP contribution in [0.25, 0.3) is 0 Å². The maximum atomic E-state index is 13.7. The van der Waals surface area contributed by atoms with Crippen LogP contribution in [0.3, 0.4) is 0 Å². The van der Waals surface area contributed by atoms with Crippen LogP contribution in [0.15, 0.2) is 46.9 Å². The van der Waals surface area contributed by atoms with Crippen LogP contribution in [0.5, 0.6) is 0 Å². The van der Waals surface area contributed by atoms with Crippen molar-refractivity contribution in [2.75, 3.05) is 5.33 Å². The van der Waals surface area contributed by atoms with Gasteiger partial charge in [0.1, 0.15) is 11.6 Å². The maximum Gasteiger partial charge on any atom is 0.126 e. The van der Waals surface area contributed by atoms with Gasteiger partial charge in [0.2, 0.25) is 0 Å². The summed E-state index contributed by atoms with van der Waals surface area (Å²) in [5, 5.41) is 0.749. The predicted molar refractivity (Wildman–Crippen MR) is 85.2 cm³/mol. The largest absolute Gasteiger partial charge is 0.207 e. The second-order valence-electron chi connectivity index (χ2n) is 4.79. The highest BCUT2D eigenvalue weighted by atomic mass is 79.9. The van der Waals surface area contributed by atoms with Crippen molar-refractivity contribution in [2.24, 2.45) is 5.92 Å². The first kappa shape index (κ1) is 15.6. The Morgan fingerprint density at radius 3 is 2.30 bits per heavy atom. The van der Waals surface area contributed by atoms with Crippen LogP contribution in [-0.2, 0) is 12.8 Å². The van der Waals surface area contributed by atoms with E-state index in [0.29, 0.717) is 12.0 Å². The van der Waals surface area contributed by atoms with Gasteiger partial charge in [0.25, 0.3) is 0 Å². The molecule has 20 heavy (non-hydrogen) atoms. The number of rotatable bonds is 5. The zero-order valence-electron chi connectivity index (χ0n) is 10.8. The zero-order valence-corrected chi connectivity index (χ0v) is 13.9. The van der Waals surface area contributed by atoms with Crippen LogP contribution >= 0.6 is 31.9 Å². The van der Waals surface area contributed by atoms with Crippen LogP contribution in [0.4, 0.5) is 8.78 Å². The lowest BCUT2D eigenvalue weighted by Gasteiger charge is -2.15. The summed E-state index contributed by atoms with van der Waals surface area (Å²) in [6.07, 6.45) is 1.35. The molecule has 4 heteroatoms. The molecule has 0 spiro atoms. The number of halogens is 4. The van der Waals surface area contributed by atoms with Gasteiger partial charge in [-0.05, 0) is 60.2 Å². The molecule has 0 aliphatic heterocycles. The highest BCUT2D eigenvalue weighted by Gasteiger charge is 2.13. The fourth-order valence-corrected chi connectivity index (χ4v) is 2.87. The molecule has 2 aromatic carbocycles. The van der Waals surface area contributed by atoms with Crippen molar-refractivity contribution in [3.8, 4) is 0 Å². The van der Waals surface area contributed by atoms with E-state index in [0.717, 1.165) is 22.3 Å². The summed E-state index contributed by atoms with van der Waals surface area (Å²) in [6, 6.07) is 11.7. The van der Waals surface area contributed by atoms with Gasteiger partial charge in [0.15, 0.2) is 0 Å². The molecule has 2 aromatic rings. The number of hydrogen-bond acceptors (Lipinski definition) is 0. The Labute approximate surface area is 134 Å². The minimum absolute atomic E-state index is 0.229. The van der Waals surface area contributed by atoms with E-state index in [1.54, 1.807) is 0 Å². The normalized spacial score (nSPS) is 12.4. The number of benzene rings is 2. The molecule has 0 amide bonds. The smallest absolute Gasteiger partial charge is 0.126 e. The average molecular weight is 404 g/mol. The van der Waals surface area contributed by atoms with E-state index in [1.165, 1.54) is 17.7 Å². The predicted octanol–water partition coefficient (Wildman–Crippen LogP) is 5.52. The second-order valence-corrected chi connectivity index (χ2v) is 6.35. The molecular weight excluding hydrogens is 390 g/mol. The van der Waals surface area contributed by atoms with E-state index >= 15 is 0 Å². The van der Waals surface area contributed by atoms with E-state index in [9.17, 15) is 8.78 Å². The van der Waals surface area contributed by atoms with E-state index in [2.05, 4.69) is 31.9 Å². The minimum Gasteiger partial charge on any atom is -0.207 e. The van der Waals surface area contributed by atoms with Gasteiger partial charge in [-0.1, -0.05) is 44.0 Å². The van der Waals surface area contributed by atoms with Gasteiger partial charge in [-0.3, -0.25) is 0 Å². The molecule has 0 aromatic heterocycles. The third kappa shape index (κ3) is 4.38. The highest BCUT2D eigenvalue weighted by molar-refractivity contribution is 9.10. The van der Waals surface area contributed by atoms with E-state index < -0.39 is 5.82 Å². The lowest BCUT2D eigenvalue weighted by molar-refractivity contribution is 0.540. The first-order valence-electron chi connectivity index (χ1n) is 6.33. The molecule has 0 nitrogen and oxygen atoms in total. The quantitative estimate of drug-likeness (QED) is 0.576. The molecule has 1 atom stereocenters. The second kappa shape index (κ2) is 7.32. The maximum absolute atomic E-state index is 13.7. The molecular formula is C16H14Br2F2. The Balaban J connectivity index is 2.08. The minimum atomic E-state index is -0.390. The standard InChI is InChI=1S/C16H14Br2F2/c17-10-12(7-11-1-3-14(18)4-2-11)8-13-9-15(19)5-6-16(13)20/h1-6,9,12H,7-8,10H2. The molecule has 0 saturated heterocycles. The monoisotopic (exact) mass is 402 g/mol. The molecule has 2 rings (SSSR count). The summed E-state index contributed by atoms with van der Waals surface area (Å²) < 4.78 is 27.9. The van der Waals surface area contributed by atoms with Gasteiger partial charge in [-0.2, -0.15) is 0 Å². The molecule has 0 radical (unpaired) electrons. The van der Waals surface area contributed by atoms with E-state index in [1.807, 2.05) is 24.3 Å². The van der Waals surface area contributed by atoms with Crippen LogP contribution < -0.4 is 0 Å². The Morgan fingerprint density at radius 1 is 0.950 bits per heavy atom. The average Bonchev–Trinajstić information content (AvgIpc) is 2.44. The first-order valence-corrected chi connectivity index (χ1v) is 8.24. The first-order chi connectivity index (χ1) is 9.58. The van der Waals surface area contributed by atoms with E-state index in [-0.39, 0.29) is 11.7 Å². The Bertz CT molecular complexity index is 567. The molecule has 0 aliphatic rings. The van der Waals surface area contributed by atoms with Gasteiger partial charge in [0.05, 0.1) is 0 Å². The Morgan fingerprint density at radius 2 is 1.65 bits per heavy atom. The fraction of sp³-hybridized carbons (Fsp3) is 0.250. The highest BCUT2D eigenvalue weighted by Crippen LogP contribution is 2.21. The molecule has 0 bridgehead atoms. The van der Waals surface area contributed by atoms with Gasteiger partial charge < -0.3 is 0 Å². The summed E-state index contributed by atoms with van der Waals surface area (Å²) in [7, 11) is 0. The van der Waals surface area contributed by atoms with Crippen LogP contribution in [-0.4, -0.2) is 5.33 Å². The van der Waals surface area contributed by atoms with Gasteiger partial charge in [-0.15, -0.1) is 0 Å². The molecule has 0 heterocycles. The third-order valence-corrected chi connectivity index (χ3v) is 4.62. The van der Waals surface area contributed by atoms with Crippen molar-refractivity contribution in [3.05, 3.63) is 69.7 Å². The molecule has 0 N–H and O–H groups in total. The van der Waals surface area contributed by atoms with Gasteiger partial charge in [-0.25, -0.2) is 8.78 Å². The fourth-order valence-electron chi connectivity index (χ4n) is 2.15. The van der Waals surface area contributed by atoms with Gasteiger partial charge in [0, 0.05) is 9.80 Å². The summed E-state index contributed by atoms with van der Waals surface area (Å²) >= 11 is 6.86. The van der Waals surface area contributed by atoms with Crippen molar-refractivity contribution < 1.29 is 8.78 Å². The van der Waals surface area contributed by atoms with Crippen LogP contribution in [0.2, 0.25) is 0 Å². The molecule has 1 unspecified atom stereocenters. The van der Waals surface area contributed by atoms with Crippen molar-refractivity contribution in [2.45, 2.75) is 12.8 Å². The summed E-state index contributed by atoms with van der Waals surface area (Å²) in [5.74, 6) is -0.501. The van der Waals surface area contributed by atoms with Crippen molar-refractivity contribution in [1.29, 1.82) is 0 Å². The lowest BCUT2D eigenvalue weighted by atomic mass is 9.94. The van der Waals surface area contributed by atoms with Crippen molar-refractivity contribution >= 4 is 31.9 Å². The summed E-state index contributed by atoms with van der Waals surface area (Å²) in [5.41, 5.74) is 1.63. The van der Waals surface area contributed by atoms with Crippen molar-refractivity contribution in [3.63, 3.8) is 0 Å². The number of hydrogen-bond donors (Lipinski definition) is 0. The molecule has 106 valence electrons. The Hall–Kier alpha value is -0.740. The SMILES string of the molecule is Fc1ccc(F)c(CC(CBr)Cc2ccc(Br)cc2)c1. The number of alkyl halides is 1. The summed E-state index contributed by atoms with van der Waals surface area (Å²) in [6.45, 7) is 0. The Kier molecular flexibility index (Phi) is 5.73. The van der Waals surface area contributed by atoms with Crippen LogP contribution in [0.1, 0.15) is 11.1 Å². The summed E-state index contributed by atoms with van der Waals surface area (Å²) in [4.78, 5) is 0. The zero-order chi connectivity index (χ0) is 14.5. The van der Waals surface area contributed by atoms with Gasteiger partial charge >= 0.3 is 0 Å². The van der Waals surface area contributed by atoms with Crippen molar-refractivity contribution in [1.82, 2.24) is 0 Å². The topological polar surface area (TPSA) is 0 Å². The lowest BCUT2D eigenvalue weighted by Crippen LogP contribution is -2.11. The van der Waals surface area contributed by atoms with Crippen LogP contribution in [0, 0.1) is 17.6 Å². The molecule has 0 fully saturated rings. The van der Waals surface area contributed by atoms with E-state index in [4.69, 9.17) is 0 Å². The third-order valence-electron chi connectivity index (χ3n) is 3.17. The molecule has 0 saturated carbocycles. The molecule has 0 aliphatic carbocycles.